The number of nitrogens with one attached hydrogen (secondary N) is 1. The van der Waals surface area contributed by atoms with Gasteiger partial charge in [-0.05, 0) is 36.1 Å². The van der Waals surface area contributed by atoms with E-state index in [9.17, 15) is 19.1 Å². The molecule has 0 saturated heterocycles. The average Bonchev–Trinajstić information content (AvgIpc) is 2.88. The number of carboxylic acids is 1. The summed E-state index contributed by atoms with van der Waals surface area (Å²) in [5.74, 6) is -1.65. The maximum atomic E-state index is 13.0. The van der Waals surface area contributed by atoms with Gasteiger partial charge >= 0.3 is 5.97 Å². The molecule has 1 aromatic carbocycles. The second kappa shape index (κ2) is 7.92. The van der Waals surface area contributed by atoms with E-state index in [4.69, 9.17) is 0 Å². The Morgan fingerprint density at radius 2 is 1.88 bits per heavy atom. The van der Waals surface area contributed by atoms with Gasteiger partial charge in [-0.15, -0.1) is 0 Å². The molecule has 2 aromatic rings. The van der Waals surface area contributed by atoms with Crippen LogP contribution in [0.15, 0.2) is 30.3 Å². The first-order valence-electron chi connectivity index (χ1n) is 8.07. The highest BCUT2D eigenvalue weighted by Crippen LogP contribution is 2.10. The molecule has 6 nitrogen and oxygen atoms in total. The van der Waals surface area contributed by atoms with Gasteiger partial charge in [0.25, 0.3) is 5.91 Å². The minimum absolute atomic E-state index is 0.0675. The quantitative estimate of drug-likeness (QED) is 0.804. The summed E-state index contributed by atoms with van der Waals surface area (Å²) in [4.78, 5) is 23.9. The van der Waals surface area contributed by atoms with Gasteiger partial charge in [0, 0.05) is 13.5 Å². The van der Waals surface area contributed by atoms with Crippen molar-refractivity contribution in [2.75, 3.05) is 0 Å². The predicted molar refractivity (Wildman–Crippen MR) is 90.7 cm³/mol. The molecule has 2 N–H and O–H groups in total. The van der Waals surface area contributed by atoms with Crippen LogP contribution in [0.2, 0.25) is 0 Å². The molecule has 0 aliphatic carbocycles. The second-order valence-electron chi connectivity index (χ2n) is 6.44. The molecule has 7 heteroatoms. The van der Waals surface area contributed by atoms with E-state index in [-0.39, 0.29) is 6.42 Å². The Morgan fingerprint density at radius 1 is 1.24 bits per heavy atom. The van der Waals surface area contributed by atoms with E-state index in [1.807, 2.05) is 0 Å². The maximum absolute atomic E-state index is 13.0. The number of aryl methyl sites for hydroxylation is 1. The molecule has 1 unspecified atom stereocenters. The van der Waals surface area contributed by atoms with Gasteiger partial charge in [-0.25, -0.2) is 9.18 Å². The third kappa shape index (κ3) is 5.14. The molecule has 1 amide bonds. The summed E-state index contributed by atoms with van der Waals surface area (Å²) in [6.07, 6.45) is 0.803. The Labute approximate surface area is 145 Å². The van der Waals surface area contributed by atoms with Crippen molar-refractivity contribution in [1.29, 1.82) is 0 Å². The first-order chi connectivity index (χ1) is 11.8. The Bertz CT molecular complexity index is 753. The van der Waals surface area contributed by atoms with E-state index in [2.05, 4.69) is 24.3 Å². The lowest BCUT2D eigenvalue weighted by Crippen LogP contribution is -2.42. The van der Waals surface area contributed by atoms with E-state index < -0.39 is 23.7 Å². The van der Waals surface area contributed by atoms with Crippen LogP contribution >= 0.6 is 0 Å². The SMILES string of the molecule is CC(C)Cc1cc(C(=O)NC(Cc2ccc(F)cc2)C(=O)O)n(C)n1. The molecule has 0 radical (unpaired) electrons. The van der Waals surface area contributed by atoms with Crippen molar-refractivity contribution in [3.63, 3.8) is 0 Å². The number of hydrogen-bond acceptors (Lipinski definition) is 3. The number of rotatable bonds is 7. The van der Waals surface area contributed by atoms with Crippen LogP contribution in [-0.4, -0.2) is 32.8 Å². The summed E-state index contributed by atoms with van der Waals surface area (Å²) in [6.45, 7) is 4.11. The summed E-state index contributed by atoms with van der Waals surface area (Å²) < 4.78 is 14.4. The molecule has 0 aliphatic rings. The topological polar surface area (TPSA) is 84.2 Å². The molecule has 1 heterocycles. The molecular weight excluding hydrogens is 325 g/mol. The highest BCUT2D eigenvalue weighted by molar-refractivity contribution is 5.95. The van der Waals surface area contributed by atoms with E-state index >= 15 is 0 Å². The van der Waals surface area contributed by atoms with Gasteiger partial charge in [0.15, 0.2) is 0 Å². The van der Waals surface area contributed by atoms with Crippen LogP contribution in [0.25, 0.3) is 0 Å². The molecule has 0 aliphatic heterocycles. The van der Waals surface area contributed by atoms with Crippen LogP contribution < -0.4 is 5.32 Å². The number of halogens is 1. The van der Waals surface area contributed by atoms with Crippen LogP contribution in [-0.2, 0) is 24.7 Å². The highest BCUT2D eigenvalue weighted by atomic mass is 19.1. The van der Waals surface area contributed by atoms with Crippen molar-refractivity contribution in [3.8, 4) is 0 Å². The Balaban J connectivity index is 2.11. The van der Waals surface area contributed by atoms with Gasteiger partial charge < -0.3 is 10.4 Å². The lowest BCUT2D eigenvalue weighted by atomic mass is 10.1. The first-order valence-corrected chi connectivity index (χ1v) is 8.07. The number of hydrogen-bond donors (Lipinski definition) is 2. The van der Waals surface area contributed by atoms with E-state index in [0.717, 1.165) is 12.1 Å². The lowest BCUT2D eigenvalue weighted by molar-refractivity contribution is -0.139. The monoisotopic (exact) mass is 347 g/mol. The summed E-state index contributed by atoms with van der Waals surface area (Å²) in [6, 6.07) is 6.09. The standard InChI is InChI=1S/C18H22FN3O3/c1-11(2)8-14-10-16(22(3)21-14)17(23)20-15(18(24)25)9-12-4-6-13(19)7-5-12/h4-7,10-11,15H,8-9H2,1-3H3,(H,20,23)(H,24,25). The van der Waals surface area contributed by atoms with Crippen LogP contribution in [0.4, 0.5) is 4.39 Å². The van der Waals surface area contributed by atoms with Gasteiger partial charge in [-0.1, -0.05) is 26.0 Å². The highest BCUT2D eigenvalue weighted by Gasteiger charge is 2.23. The fraction of sp³-hybridized carbons (Fsp3) is 0.389. The molecule has 0 saturated carbocycles. The Morgan fingerprint density at radius 3 is 2.44 bits per heavy atom. The molecule has 134 valence electrons. The summed E-state index contributed by atoms with van der Waals surface area (Å²) in [7, 11) is 1.65. The normalized spacial score (nSPS) is 12.2. The van der Waals surface area contributed by atoms with Crippen LogP contribution in [0.1, 0.15) is 35.6 Å². The summed E-state index contributed by atoms with van der Waals surface area (Å²) >= 11 is 0. The van der Waals surface area contributed by atoms with Gasteiger partial charge in [0.1, 0.15) is 17.6 Å². The van der Waals surface area contributed by atoms with E-state index in [1.54, 1.807) is 13.1 Å². The van der Waals surface area contributed by atoms with Crippen LogP contribution in [0.5, 0.6) is 0 Å². The third-order valence-electron chi connectivity index (χ3n) is 3.74. The Hall–Kier alpha value is -2.70. The van der Waals surface area contributed by atoms with Gasteiger partial charge in [0.2, 0.25) is 0 Å². The molecule has 0 bridgehead atoms. The molecule has 2 rings (SSSR count). The third-order valence-corrected chi connectivity index (χ3v) is 3.74. The fourth-order valence-electron chi connectivity index (χ4n) is 2.55. The smallest absolute Gasteiger partial charge is 0.326 e. The molecular formula is C18H22FN3O3. The number of carbonyl (C=O) groups is 2. The van der Waals surface area contributed by atoms with E-state index in [0.29, 0.717) is 17.2 Å². The van der Waals surface area contributed by atoms with Crippen molar-refractivity contribution in [3.05, 3.63) is 53.1 Å². The number of aliphatic carboxylic acids is 1. The van der Waals surface area contributed by atoms with E-state index in [1.165, 1.54) is 28.9 Å². The zero-order valence-electron chi connectivity index (χ0n) is 14.5. The zero-order chi connectivity index (χ0) is 18.6. The summed E-state index contributed by atoms with van der Waals surface area (Å²) in [5.41, 5.74) is 1.72. The lowest BCUT2D eigenvalue weighted by Gasteiger charge is -2.14. The minimum Gasteiger partial charge on any atom is -0.480 e. The predicted octanol–water partition coefficient (Wildman–Crippen LogP) is 2.18. The number of carbonyl (C=O) groups excluding carboxylic acids is 1. The second-order valence-corrected chi connectivity index (χ2v) is 6.44. The maximum Gasteiger partial charge on any atom is 0.326 e. The number of benzene rings is 1. The minimum atomic E-state index is -1.15. The van der Waals surface area contributed by atoms with Gasteiger partial charge in [-0.3, -0.25) is 9.48 Å². The first kappa shape index (κ1) is 18.6. The van der Waals surface area contributed by atoms with Crippen LogP contribution in [0.3, 0.4) is 0 Å². The van der Waals surface area contributed by atoms with Crippen LogP contribution in [0, 0.1) is 11.7 Å². The van der Waals surface area contributed by atoms with Crippen molar-refractivity contribution < 1.29 is 19.1 Å². The number of amides is 1. The molecule has 1 atom stereocenters. The van der Waals surface area contributed by atoms with Gasteiger partial charge in [0.05, 0.1) is 5.69 Å². The van der Waals surface area contributed by atoms with Crippen molar-refractivity contribution in [2.45, 2.75) is 32.7 Å². The fourth-order valence-corrected chi connectivity index (χ4v) is 2.55. The summed E-state index contributed by atoms with van der Waals surface area (Å²) in [5, 5.41) is 16.2. The number of aromatic nitrogens is 2. The molecule has 0 spiro atoms. The number of carboxylic acid groups (broad SMARTS) is 1. The zero-order valence-corrected chi connectivity index (χ0v) is 14.5. The number of nitrogens with zero attached hydrogens (tertiary/aromatic N) is 2. The average molecular weight is 347 g/mol. The molecule has 1 aromatic heterocycles. The Kier molecular flexibility index (Phi) is 5.90. The van der Waals surface area contributed by atoms with Gasteiger partial charge in [-0.2, -0.15) is 5.10 Å². The largest absolute Gasteiger partial charge is 0.480 e. The van der Waals surface area contributed by atoms with Crippen molar-refractivity contribution in [2.24, 2.45) is 13.0 Å². The van der Waals surface area contributed by atoms with Crippen molar-refractivity contribution in [1.82, 2.24) is 15.1 Å². The van der Waals surface area contributed by atoms with Crippen molar-refractivity contribution >= 4 is 11.9 Å². The molecule has 0 fully saturated rings. The molecule has 25 heavy (non-hydrogen) atoms.